The zero-order valence-corrected chi connectivity index (χ0v) is 16.1. The molecule has 2 N–H and O–H groups in total. The van der Waals surface area contributed by atoms with Crippen LogP contribution < -0.4 is 10.2 Å². The predicted molar refractivity (Wildman–Crippen MR) is 101 cm³/mol. The van der Waals surface area contributed by atoms with Crippen LogP contribution in [0, 0.1) is 0 Å². The maximum Gasteiger partial charge on any atom is 0.250 e. The van der Waals surface area contributed by atoms with Crippen molar-refractivity contribution in [2.75, 3.05) is 5.73 Å². The highest BCUT2D eigenvalue weighted by Gasteiger charge is 2.38. The molecule has 0 aliphatic carbocycles. The second kappa shape index (κ2) is 6.36. The first-order chi connectivity index (χ1) is 10.7. The number of nitrogens with two attached hydrogens (primary N) is 1. The summed E-state index contributed by atoms with van der Waals surface area (Å²) in [6.45, 7) is 13.4. The summed E-state index contributed by atoms with van der Waals surface area (Å²) in [6, 6.07) is 10.3. The van der Waals surface area contributed by atoms with Gasteiger partial charge in [0, 0.05) is 11.8 Å². The lowest BCUT2D eigenvalue weighted by atomic mass is 9.99. The van der Waals surface area contributed by atoms with Gasteiger partial charge in [-0.25, -0.2) is 4.98 Å². The molecular weight excluding hydrogens is 300 g/mol. The van der Waals surface area contributed by atoms with Crippen molar-refractivity contribution in [3.63, 3.8) is 0 Å². The van der Waals surface area contributed by atoms with E-state index in [4.69, 9.17) is 10.2 Å². The number of hydrogen-bond acceptors (Lipinski definition) is 3. The minimum atomic E-state index is -1.81. The second-order valence-corrected chi connectivity index (χ2v) is 12.2. The summed E-state index contributed by atoms with van der Waals surface area (Å²) in [5, 5.41) is 0.189. The first-order valence-electron chi connectivity index (χ1n) is 8.18. The summed E-state index contributed by atoms with van der Waals surface area (Å²) in [5.41, 5.74) is 9.44. The molecule has 124 valence electrons. The third-order valence-electron chi connectivity index (χ3n) is 4.77. The molecule has 0 aliphatic rings. The average Bonchev–Trinajstić information content (AvgIpc) is 2.46. The molecule has 0 radical (unpaired) electrons. The molecular formula is C19H28N2OSi. The van der Waals surface area contributed by atoms with Crippen molar-refractivity contribution in [1.82, 2.24) is 4.98 Å². The van der Waals surface area contributed by atoms with Crippen molar-refractivity contribution in [3.8, 4) is 16.9 Å². The highest BCUT2D eigenvalue weighted by molar-refractivity contribution is 6.74. The lowest BCUT2D eigenvalue weighted by Gasteiger charge is -2.36. The molecule has 23 heavy (non-hydrogen) atoms. The Balaban J connectivity index is 2.31. The number of aryl methyl sites for hydroxylation is 1. The van der Waals surface area contributed by atoms with Gasteiger partial charge >= 0.3 is 0 Å². The van der Waals surface area contributed by atoms with Gasteiger partial charge in [-0.1, -0.05) is 39.8 Å². The monoisotopic (exact) mass is 328 g/mol. The van der Waals surface area contributed by atoms with Gasteiger partial charge in [-0.3, -0.25) is 0 Å². The molecule has 3 nitrogen and oxygen atoms in total. The number of benzene rings is 1. The fourth-order valence-corrected chi connectivity index (χ4v) is 3.32. The van der Waals surface area contributed by atoms with Gasteiger partial charge < -0.3 is 10.2 Å². The maximum absolute atomic E-state index is 6.34. The average molecular weight is 329 g/mol. The summed E-state index contributed by atoms with van der Waals surface area (Å²) in [5.74, 6) is 1.52. The van der Waals surface area contributed by atoms with Crippen LogP contribution in [0.3, 0.4) is 0 Å². The van der Waals surface area contributed by atoms with E-state index in [-0.39, 0.29) is 5.04 Å². The number of anilines is 1. The van der Waals surface area contributed by atoms with E-state index in [0.29, 0.717) is 5.82 Å². The Hall–Kier alpha value is -1.81. The van der Waals surface area contributed by atoms with Crippen LogP contribution in [0.25, 0.3) is 11.1 Å². The molecule has 0 bridgehead atoms. The zero-order chi connectivity index (χ0) is 17.3. The van der Waals surface area contributed by atoms with Crippen molar-refractivity contribution in [1.29, 1.82) is 0 Å². The Labute approximate surface area is 141 Å². The predicted octanol–water partition coefficient (Wildman–Crippen LogP) is 5.28. The van der Waals surface area contributed by atoms with Crippen LogP contribution in [0.5, 0.6) is 5.75 Å². The molecule has 0 spiro atoms. The first-order valence-corrected chi connectivity index (χ1v) is 11.1. The molecule has 0 aliphatic heterocycles. The van der Waals surface area contributed by atoms with Gasteiger partial charge in [0.15, 0.2) is 0 Å². The van der Waals surface area contributed by atoms with Crippen LogP contribution in [0.4, 0.5) is 5.82 Å². The molecule has 0 atom stereocenters. The first kappa shape index (κ1) is 17.5. The van der Waals surface area contributed by atoms with Gasteiger partial charge in [-0.15, -0.1) is 0 Å². The Morgan fingerprint density at radius 3 is 2.22 bits per heavy atom. The molecule has 0 saturated heterocycles. The number of nitrogen functional groups attached to an aromatic ring is 1. The molecule has 0 fully saturated rings. The van der Waals surface area contributed by atoms with Crippen LogP contribution in [0.15, 0.2) is 36.5 Å². The highest BCUT2D eigenvalue weighted by Crippen LogP contribution is 2.38. The Bertz CT molecular complexity index is 673. The van der Waals surface area contributed by atoms with Crippen LogP contribution in [-0.2, 0) is 6.42 Å². The van der Waals surface area contributed by atoms with E-state index < -0.39 is 8.32 Å². The lowest BCUT2D eigenvalue weighted by molar-refractivity contribution is 0.492. The summed E-state index contributed by atoms with van der Waals surface area (Å²) in [6.07, 6.45) is 2.71. The van der Waals surface area contributed by atoms with E-state index in [0.717, 1.165) is 23.3 Å². The fourth-order valence-electron chi connectivity index (χ4n) is 2.29. The van der Waals surface area contributed by atoms with E-state index in [1.54, 1.807) is 6.20 Å². The number of rotatable bonds is 4. The molecule has 0 amide bonds. The van der Waals surface area contributed by atoms with Crippen LogP contribution in [0.1, 0.15) is 33.3 Å². The van der Waals surface area contributed by atoms with Crippen LogP contribution in [-0.4, -0.2) is 13.3 Å². The van der Waals surface area contributed by atoms with Crippen LogP contribution >= 0.6 is 0 Å². The number of nitrogens with zero attached hydrogens (tertiary/aromatic N) is 1. The minimum absolute atomic E-state index is 0.189. The third-order valence-corrected chi connectivity index (χ3v) is 9.13. The topological polar surface area (TPSA) is 48.1 Å². The standard InChI is InChI=1S/C19H28N2OSi/c1-7-14-12-13-21-18(20)17(14)15-8-10-16(11-9-15)22-23(5,6)19(2,3)4/h8-13H,7H2,1-6H3,(H2,20,21). The highest BCUT2D eigenvalue weighted by atomic mass is 28.4. The van der Waals surface area contributed by atoms with E-state index in [2.05, 4.69) is 57.9 Å². The zero-order valence-electron chi connectivity index (χ0n) is 15.1. The lowest BCUT2D eigenvalue weighted by Crippen LogP contribution is -2.43. The van der Waals surface area contributed by atoms with Gasteiger partial charge in [0.2, 0.25) is 8.32 Å². The Kier molecular flexibility index (Phi) is 4.85. The number of hydrogen-bond donors (Lipinski definition) is 1. The summed E-state index contributed by atoms with van der Waals surface area (Å²) in [4.78, 5) is 4.23. The smallest absolute Gasteiger partial charge is 0.250 e. The van der Waals surface area contributed by atoms with Crippen LogP contribution in [0.2, 0.25) is 18.1 Å². The molecule has 4 heteroatoms. The SMILES string of the molecule is CCc1ccnc(N)c1-c1ccc(O[Si](C)(C)C(C)(C)C)cc1. The minimum Gasteiger partial charge on any atom is -0.544 e. The van der Waals surface area contributed by atoms with Crippen molar-refractivity contribution >= 4 is 14.1 Å². The van der Waals surface area contributed by atoms with Crippen molar-refractivity contribution in [2.45, 2.75) is 52.2 Å². The quantitative estimate of drug-likeness (QED) is 0.777. The van der Waals surface area contributed by atoms with Gasteiger partial charge in [0.25, 0.3) is 0 Å². The van der Waals surface area contributed by atoms with E-state index >= 15 is 0 Å². The van der Waals surface area contributed by atoms with Crippen molar-refractivity contribution in [2.24, 2.45) is 0 Å². The molecule has 0 unspecified atom stereocenters. The Morgan fingerprint density at radius 2 is 1.70 bits per heavy atom. The number of aromatic nitrogens is 1. The molecule has 1 aromatic heterocycles. The summed E-state index contributed by atoms with van der Waals surface area (Å²) >= 11 is 0. The van der Waals surface area contributed by atoms with Gasteiger partial charge in [-0.2, -0.15) is 0 Å². The number of pyridine rings is 1. The van der Waals surface area contributed by atoms with Crippen molar-refractivity contribution in [3.05, 3.63) is 42.1 Å². The summed E-state index contributed by atoms with van der Waals surface area (Å²) < 4.78 is 6.34. The molecule has 2 rings (SSSR count). The molecule has 0 saturated carbocycles. The third kappa shape index (κ3) is 3.75. The van der Waals surface area contributed by atoms with Gasteiger partial charge in [0.1, 0.15) is 11.6 Å². The van der Waals surface area contributed by atoms with E-state index in [1.807, 2.05) is 18.2 Å². The molecule has 1 heterocycles. The fraction of sp³-hybridized carbons (Fsp3) is 0.421. The Morgan fingerprint density at radius 1 is 1.09 bits per heavy atom. The summed E-state index contributed by atoms with van der Waals surface area (Å²) in [7, 11) is -1.81. The molecule has 1 aromatic carbocycles. The maximum atomic E-state index is 6.34. The van der Waals surface area contributed by atoms with E-state index in [9.17, 15) is 0 Å². The van der Waals surface area contributed by atoms with E-state index in [1.165, 1.54) is 5.56 Å². The molecule has 2 aromatic rings. The normalized spacial score (nSPS) is 12.3. The van der Waals surface area contributed by atoms with Gasteiger partial charge in [-0.05, 0) is 53.9 Å². The second-order valence-electron chi connectivity index (χ2n) is 7.47. The van der Waals surface area contributed by atoms with Gasteiger partial charge in [0.05, 0.1) is 0 Å². The van der Waals surface area contributed by atoms with Crippen molar-refractivity contribution < 1.29 is 4.43 Å². The largest absolute Gasteiger partial charge is 0.544 e.